The van der Waals surface area contributed by atoms with Gasteiger partial charge in [0.15, 0.2) is 0 Å². The van der Waals surface area contributed by atoms with Gasteiger partial charge in [0.05, 0.1) is 21.0 Å². The second kappa shape index (κ2) is 6.52. The Morgan fingerprint density at radius 2 is 0.962 bits per heavy atom. The minimum atomic E-state index is -0.480. The number of hydrogen-bond donors (Lipinski definition) is 0. The Bertz CT molecular complexity index is 801. The molecule has 0 atom stereocenters. The molecular formula is C20H24N2O4. The number of nitrogens with zero attached hydrogens (tertiary/aromatic N) is 2. The van der Waals surface area contributed by atoms with Crippen molar-refractivity contribution in [3.63, 3.8) is 0 Å². The SMILES string of the molecule is CC(C)(C)c1ccc(-c2ccc(C(C)(C)C)cc2[N+](=O)[O-])c([N+](=O)[O-])c1. The van der Waals surface area contributed by atoms with Crippen LogP contribution in [0.15, 0.2) is 36.4 Å². The Hall–Kier alpha value is -2.76. The van der Waals surface area contributed by atoms with Gasteiger partial charge in [-0.1, -0.05) is 53.7 Å². The summed E-state index contributed by atoms with van der Waals surface area (Å²) in [6, 6.07) is 9.83. The fraction of sp³-hybridized carbons (Fsp3) is 0.400. The summed E-state index contributed by atoms with van der Waals surface area (Å²) >= 11 is 0. The summed E-state index contributed by atoms with van der Waals surface area (Å²) < 4.78 is 0. The van der Waals surface area contributed by atoms with Crippen molar-refractivity contribution >= 4 is 11.4 Å². The Morgan fingerprint density at radius 1 is 0.654 bits per heavy atom. The van der Waals surface area contributed by atoms with Crippen molar-refractivity contribution in [2.45, 2.75) is 52.4 Å². The fourth-order valence-electron chi connectivity index (χ4n) is 2.75. The lowest BCUT2D eigenvalue weighted by molar-refractivity contribution is -0.386. The highest BCUT2D eigenvalue weighted by Gasteiger charge is 2.27. The van der Waals surface area contributed by atoms with Crippen molar-refractivity contribution < 1.29 is 9.85 Å². The summed E-state index contributed by atoms with van der Waals surface area (Å²) in [6.45, 7) is 11.8. The molecule has 0 aromatic heterocycles. The largest absolute Gasteiger partial charge is 0.277 e. The van der Waals surface area contributed by atoms with E-state index in [2.05, 4.69) is 0 Å². The number of rotatable bonds is 3. The molecule has 6 nitrogen and oxygen atoms in total. The molecule has 0 aliphatic heterocycles. The summed E-state index contributed by atoms with van der Waals surface area (Å²) in [6.07, 6.45) is 0. The van der Waals surface area contributed by atoms with Gasteiger partial charge >= 0.3 is 0 Å². The minimum absolute atomic E-state index is 0.121. The lowest BCUT2D eigenvalue weighted by atomic mass is 9.84. The molecule has 0 fully saturated rings. The minimum Gasteiger partial charge on any atom is -0.258 e. The van der Waals surface area contributed by atoms with Gasteiger partial charge in [0.2, 0.25) is 0 Å². The quantitative estimate of drug-likeness (QED) is 0.516. The average molecular weight is 356 g/mol. The van der Waals surface area contributed by atoms with Crippen LogP contribution in [0.3, 0.4) is 0 Å². The van der Waals surface area contributed by atoms with Crippen molar-refractivity contribution in [1.29, 1.82) is 0 Å². The van der Waals surface area contributed by atoms with Crippen LogP contribution in [0.1, 0.15) is 52.7 Å². The van der Waals surface area contributed by atoms with E-state index in [0.717, 1.165) is 11.1 Å². The molecule has 0 aliphatic carbocycles. The van der Waals surface area contributed by atoms with Crippen molar-refractivity contribution in [2.24, 2.45) is 0 Å². The summed E-state index contributed by atoms with van der Waals surface area (Å²) in [7, 11) is 0. The maximum absolute atomic E-state index is 11.6. The third-order valence-electron chi connectivity index (χ3n) is 4.41. The molecule has 0 bridgehead atoms. The van der Waals surface area contributed by atoms with E-state index in [1.165, 1.54) is 12.1 Å². The molecule has 2 aromatic carbocycles. The average Bonchev–Trinajstić information content (AvgIpc) is 2.51. The maximum atomic E-state index is 11.6. The van der Waals surface area contributed by atoms with Gasteiger partial charge in [0, 0.05) is 12.1 Å². The molecule has 138 valence electrons. The molecule has 6 heteroatoms. The third-order valence-corrected chi connectivity index (χ3v) is 4.41. The second-order valence-electron chi connectivity index (χ2n) is 8.48. The van der Waals surface area contributed by atoms with Crippen LogP contribution in [-0.2, 0) is 10.8 Å². The van der Waals surface area contributed by atoms with Gasteiger partial charge in [-0.05, 0) is 34.1 Å². The first-order chi connectivity index (χ1) is 11.8. The van der Waals surface area contributed by atoms with E-state index in [-0.39, 0.29) is 33.3 Å². The maximum Gasteiger partial charge on any atom is 0.277 e. The van der Waals surface area contributed by atoms with E-state index in [1.807, 2.05) is 41.5 Å². The number of benzene rings is 2. The van der Waals surface area contributed by atoms with E-state index in [9.17, 15) is 20.2 Å². The van der Waals surface area contributed by atoms with Crippen LogP contribution < -0.4 is 0 Å². The molecule has 0 unspecified atom stereocenters. The third kappa shape index (κ3) is 3.90. The highest BCUT2D eigenvalue weighted by atomic mass is 16.6. The van der Waals surface area contributed by atoms with Crippen LogP contribution in [0, 0.1) is 20.2 Å². The number of nitro groups is 2. The van der Waals surface area contributed by atoms with Crippen LogP contribution in [0.25, 0.3) is 11.1 Å². The molecule has 0 radical (unpaired) electrons. The first kappa shape index (κ1) is 19.6. The van der Waals surface area contributed by atoms with Crippen molar-refractivity contribution in [3.05, 3.63) is 67.8 Å². The van der Waals surface area contributed by atoms with Crippen molar-refractivity contribution in [1.82, 2.24) is 0 Å². The van der Waals surface area contributed by atoms with Gasteiger partial charge in [-0.15, -0.1) is 0 Å². The van der Waals surface area contributed by atoms with Crippen molar-refractivity contribution in [3.8, 4) is 11.1 Å². The normalized spacial score (nSPS) is 12.1. The fourth-order valence-corrected chi connectivity index (χ4v) is 2.75. The summed E-state index contributed by atoms with van der Waals surface area (Å²) in [5, 5.41) is 23.2. The Labute approximate surface area is 153 Å². The number of nitro benzene ring substituents is 2. The molecule has 0 aliphatic rings. The van der Waals surface area contributed by atoms with E-state index in [1.54, 1.807) is 24.3 Å². The zero-order valence-electron chi connectivity index (χ0n) is 16.0. The van der Waals surface area contributed by atoms with Crippen molar-refractivity contribution in [2.75, 3.05) is 0 Å². The standard InChI is InChI=1S/C20H24N2O4/c1-19(2,3)13-7-9-15(17(11-13)21(23)24)16-10-8-14(20(4,5)6)12-18(16)22(25)26/h7-12H,1-6H3. The van der Waals surface area contributed by atoms with E-state index < -0.39 is 9.85 Å². The molecule has 2 rings (SSSR count). The molecular weight excluding hydrogens is 332 g/mol. The first-order valence-corrected chi connectivity index (χ1v) is 8.40. The van der Waals surface area contributed by atoms with Crippen LogP contribution in [0.4, 0.5) is 11.4 Å². The predicted octanol–water partition coefficient (Wildman–Crippen LogP) is 5.77. The molecule has 0 amide bonds. The zero-order valence-corrected chi connectivity index (χ0v) is 16.0. The zero-order chi connectivity index (χ0) is 19.9. The Morgan fingerprint density at radius 3 is 1.19 bits per heavy atom. The molecule has 2 aromatic rings. The van der Waals surface area contributed by atoms with Gasteiger partial charge < -0.3 is 0 Å². The smallest absolute Gasteiger partial charge is 0.258 e. The Balaban J connectivity index is 2.75. The van der Waals surface area contributed by atoms with Gasteiger partial charge in [-0.3, -0.25) is 20.2 Å². The summed E-state index contributed by atoms with van der Waals surface area (Å²) in [4.78, 5) is 22.3. The van der Waals surface area contributed by atoms with E-state index >= 15 is 0 Å². The highest BCUT2D eigenvalue weighted by molar-refractivity contribution is 5.81. The predicted molar refractivity (Wildman–Crippen MR) is 103 cm³/mol. The van der Waals surface area contributed by atoms with Crippen LogP contribution >= 0.6 is 0 Å². The van der Waals surface area contributed by atoms with Gasteiger partial charge in [0.1, 0.15) is 0 Å². The van der Waals surface area contributed by atoms with Crippen LogP contribution in [0.5, 0.6) is 0 Å². The summed E-state index contributed by atoms with van der Waals surface area (Å²) in [5.74, 6) is 0. The van der Waals surface area contributed by atoms with Gasteiger partial charge in [-0.2, -0.15) is 0 Å². The van der Waals surface area contributed by atoms with Gasteiger partial charge in [-0.25, -0.2) is 0 Å². The monoisotopic (exact) mass is 356 g/mol. The number of hydrogen-bond acceptors (Lipinski definition) is 4. The Kier molecular flexibility index (Phi) is 4.90. The first-order valence-electron chi connectivity index (χ1n) is 8.40. The molecule has 0 saturated carbocycles. The lowest BCUT2D eigenvalue weighted by Crippen LogP contribution is -2.12. The molecule has 0 N–H and O–H groups in total. The second-order valence-corrected chi connectivity index (χ2v) is 8.48. The van der Waals surface area contributed by atoms with Crippen LogP contribution in [-0.4, -0.2) is 9.85 Å². The molecule has 0 heterocycles. The molecule has 26 heavy (non-hydrogen) atoms. The lowest BCUT2D eigenvalue weighted by Gasteiger charge is -2.20. The van der Waals surface area contributed by atoms with Crippen LogP contribution in [0.2, 0.25) is 0 Å². The van der Waals surface area contributed by atoms with Gasteiger partial charge in [0.25, 0.3) is 11.4 Å². The summed E-state index contributed by atoms with van der Waals surface area (Å²) in [5.41, 5.74) is 1.37. The topological polar surface area (TPSA) is 86.3 Å². The van der Waals surface area contributed by atoms with E-state index in [0.29, 0.717) is 0 Å². The molecule has 0 spiro atoms. The van der Waals surface area contributed by atoms with E-state index in [4.69, 9.17) is 0 Å². The highest BCUT2D eigenvalue weighted by Crippen LogP contribution is 2.40. The molecule has 0 saturated heterocycles.